The average Bonchev–Trinajstić information content (AvgIpc) is 3.20. The van der Waals surface area contributed by atoms with E-state index in [4.69, 9.17) is 13.9 Å². The summed E-state index contributed by atoms with van der Waals surface area (Å²) < 4.78 is 16.9. The molecule has 6 nitrogen and oxygen atoms in total. The molecule has 2 aliphatic heterocycles. The number of amides is 1. The number of furan rings is 1. The molecule has 0 saturated carbocycles. The van der Waals surface area contributed by atoms with Crippen LogP contribution in [0.25, 0.3) is 0 Å². The van der Waals surface area contributed by atoms with Crippen LogP contribution in [0.15, 0.2) is 34.7 Å². The van der Waals surface area contributed by atoms with E-state index in [9.17, 15) is 4.79 Å². The van der Waals surface area contributed by atoms with Crippen molar-refractivity contribution in [1.82, 2.24) is 9.80 Å². The van der Waals surface area contributed by atoms with Crippen LogP contribution in [0, 0.1) is 5.92 Å². The van der Waals surface area contributed by atoms with E-state index >= 15 is 0 Å². The number of benzene rings is 1. The van der Waals surface area contributed by atoms with Gasteiger partial charge >= 0.3 is 0 Å². The molecule has 1 aromatic heterocycles. The Morgan fingerprint density at radius 1 is 1.17 bits per heavy atom. The Morgan fingerprint density at radius 2 is 1.97 bits per heavy atom. The number of nitrogens with zero attached hydrogens (tertiary/aromatic N) is 2. The molecular formula is C23H30N2O4. The minimum absolute atomic E-state index is 0.0204. The van der Waals surface area contributed by atoms with Gasteiger partial charge in [0.2, 0.25) is 0 Å². The first kappa shape index (κ1) is 20.0. The van der Waals surface area contributed by atoms with E-state index in [1.807, 2.05) is 42.1 Å². The standard InChI is InChI=1S/C23H30N2O4/c1-24(2)15-20-6-7-22(29-20)23(26)25-14-17-4-5-19(27-3)12-18(17)13-21(25)16-8-10-28-11-9-16/h4-7,12,16,21H,8-11,13-15H2,1-3H3/t21-/m0/s1. The van der Waals surface area contributed by atoms with E-state index in [-0.39, 0.29) is 11.9 Å². The largest absolute Gasteiger partial charge is 0.497 e. The fraction of sp³-hybridized carbons (Fsp3) is 0.522. The Kier molecular flexibility index (Phi) is 5.92. The second-order valence-corrected chi connectivity index (χ2v) is 8.29. The Morgan fingerprint density at radius 3 is 2.69 bits per heavy atom. The number of ether oxygens (including phenoxy) is 2. The highest BCUT2D eigenvalue weighted by Crippen LogP contribution is 2.34. The molecule has 2 aliphatic rings. The van der Waals surface area contributed by atoms with Gasteiger partial charge in [-0.3, -0.25) is 4.79 Å². The Balaban J connectivity index is 1.62. The SMILES string of the molecule is COc1ccc2c(c1)C[C@@H](C1CCOCC1)N(C(=O)c1ccc(CN(C)C)o1)C2. The highest BCUT2D eigenvalue weighted by molar-refractivity contribution is 5.92. The van der Waals surface area contributed by atoms with Gasteiger partial charge in [-0.25, -0.2) is 0 Å². The van der Waals surface area contributed by atoms with E-state index in [0.29, 0.717) is 24.8 Å². The van der Waals surface area contributed by atoms with Gasteiger partial charge in [0, 0.05) is 25.8 Å². The molecule has 0 spiro atoms. The molecule has 0 bridgehead atoms. The monoisotopic (exact) mass is 398 g/mol. The summed E-state index contributed by atoms with van der Waals surface area (Å²) in [6.07, 6.45) is 2.81. The molecule has 4 rings (SSSR count). The van der Waals surface area contributed by atoms with Gasteiger partial charge in [0.05, 0.1) is 13.7 Å². The summed E-state index contributed by atoms with van der Waals surface area (Å²) in [7, 11) is 5.67. The second kappa shape index (κ2) is 8.59. The Bertz CT molecular complexity index is 854. The summed E-state index contributed by atoms with van der Waals surface area (Å²) in [5, 5.41) is 0. The smallest absolute Gasteiger partial charge is 0.290 e. The van der Waals surface area contributed by atoms with E-state index in [2.05, 4.69) is 12.1 Å². The van der Waals surface area contributed by atoms with Gasteiger partial charge in [-0.1, -0.05) is 6.07 Å². The van der Waals surface area contributed by atoms with Gasteiger partial charge in [0.15, 0.2) is 5.76 Å². The summed E-state index contributed by atoms with van der Waals surface area (Å²) in [6.45, 7) is 2.81. The lowest BCUT2D eigenvalue weighted by Gasteiger charge is -2.42. The predicted molar refractivity (Wildman–Crippen MR) is 110 cm³/mol. The molecule has 1 saturated heterocycles. The first-order chi connectivity index (χ1) is 14.0. The van der Waals surface area contributed by atoms with Crippen molar-refractivity contribution in [2.75, 3.05) is 34.4 Å². The number of fused-ring (bicyclic) bond motifs is 1. The molecule has 1 atom stereocenters. The van der Waals surface area contributed by atoms with E-state index < -0.39 is 0 Å². The number of carbonyl (C=O) groups excluding carboxylic acids is 1. The van der Waals surface area contributed by atoms with Crippen molar-refractivity contribution in [3.8, 4) is 5.75 Å². The molecule has 0 N–H and O–H groups in total. The normalized spacial score (nSPS) is 20.0. The highest BCUT2D eigenvalue weighted by atomic mass is 16.5. The summed E-state index contributed by atoms with van der Waals surface area (Å²) in [5.74, 6) is 2.52. The van der Waals surface area contributed by atoms with Crippen molar-refractivity contribution < 1.29 is 18.7 Å². The van der Waals surface area contributed by atoms with Crippen LogP contribution in [-0.2, 0) is 24.2 Å². The van der Waals surface area contributed by atoms with Gasteiger partial charge in [0.25, 0.3) is 5.91 Å². The van der Waals surface area contributed by atoms with Crippen molar-refractivity contribution in [3.05, 3.63) is 53.0 Å². The zero-order chi connectivity index (χ0) is 20.4. The summed E-state index contributed by atoms with van der Waals surface area (Å²) >= 11 is 0. The summed E-state index contributed by atoms with van der Waals surface area (Å²) in [4.78, 5) is 17.5. The molecule has 1 aromatic carbocycles. The fourth-order valence-electron chi connectivity index (χ4n) is 4.49. The maximum Gasteiger partial charge on any atom is 0.290 e. The third kappa shape index (κ3) is 4.33. The van der Waals surface area contributed by atoms with Crippen LogP contribution in [0.4, 0.5) is 0 Å². The zero-order valence-corrected chi connectivity index (χ0v) is 17.5. The van der Waals surface area contributed by atoms with Crippen LogP contribution in [0.1, 0.15) is 40.3 Å². The van der Waals surface area contributed by atoms with Crippen molar-refractivity contribution in [2.24, 2.45) is 5.92 Å². The van der Waals surface area contributed by atoms with Gasteiger partial charge in [-0.15, -0.1) is 0 Å². The third-order valence-electron chi connectivity index (χ3n) is 6.00. The van der Waals surface area contributed by atoms with E-state index in [1.54, 1.807) is 7.11 Å². The minimum atomic E-state index is -0.0204. The predicted octanol–water partition coefficient (Wildman–Crippen LogP) is 3.34. The van der Waals surface area contributed by atoms with Gasteiger partial charge < -0.3 is 23.7 Å². The first-order valence-corrected chi connectivity index (χ1v) is 10.3. The zero-order valence-electron chi connectivity index (χ0n) is 17.5. The first-order valence-electron chi connectivity index (χ1n) is 10.3. The van der Waals surface area contributed by atoms with Crippen molar-refractivity contribution in [3.63, 3.8) is 0 Å². The van der Waals surface area contributed by atoms with Crippen molar-refractivity contribution >= 4 is 5.91 Å². The van der Waals surface area contributed by atoms with E-state index in [0.717, 1.165) is 44.0 Å². The quantitative estimate of drug-likeness (QED) is 0.773. The number of rotatable bonds is 5. The lowest BCUT2D eigenvalue weighted by Crippen LogP contribution is -2.49. The molecular weight excluding hydrogens is 368 g/mol. The van der Waals surface area contributed by atoms with Gasteiger partial charge in [-0.05, 0) is 74.7 Å². The highest BCUT2D eigenvalue weighted by Gasteiger charge is 2.37. The molecule has 1 fully saturated rings. The maximum absolute atomic E-state index is 13.4. The second-order valence-electron chi connectivity index (χ2n) is 8.29. The molecule has 0 aliphatic carbocycles. The molecule has 156 valence electrons. The molecule has 6 heteroatoms. The van der Waals surface area contributed by atoms with Crippen LogP contribution >= 0.6 is 0 Å². The van der Waals surface area contributed by atoms with Gasteiger partial charge in [0.1, 0.15) is 11.5 Å². The average molecular weight is 399 g/mol. The number of methoxy groups -OCH3 is 1. The fourth-order valence-corrected chi connectivity index (χ4v) is 4.49. The minimum Gasteiger partial charge on any atom is -0.497 e. The summed E-state index contributed by atoms with van der Waals surface area (Å²) in [6, 6.07) is 10.0. The van der Waals surface area contributed by atoms with Crippen LogP contribution in [0.2, 0.25) is 0 Å². The van der Waals surface area contributed by atoms with Gasteiger partial charge in [-0.2, -0.15) is 0 Å². The van der Waals surface area contributed by atoms with Crippen molar-refractivity contribution in [2.45, 2.75) is 38.4 Å². The molecule has 3 heterocycles. The van der Waals surface area contributed by atoms with Crippen LogP contribution in [0.5, 0.6) is 5.75 Å². The lowest BCUT2D eigenvalue weighted by atomic mass is 9.82. The Hall–Kier alpha value is -2.31. The van der Waals surface area contributed by atoms with Crippen molar-refractivity contribution in [1.29, 1.82) is 0 Å². The topological polar surface area (TPSA) is 55.2 Å². The third-order valence-corrected chi connectivity index (χ3v) is 6.00. The molecule has 29 heavy (non-hydrogen) atoms. The van der Waals surface area contributed by atoms with E-state index in [1.165, 1.54) is 11.1 Å². The molecule has 0 radical (unpaired) electrons. The lowest BCUT2D eigenvalue weighted by molar-refractivity contribution is 0.0165. The number of carbonyl (C=O) groups is 1. The Labute approximate surface area is 172 Å². The summed E-state index contributed by atoms with van der Waals surface area (Å²) in [5.41, 5.74) is 2.46. The number of hydrogen-bond acceptors (Lipinski definition) is 5. The van der Waals surface area contributed by atoms with Crippen LogP contribution in [-0.4, -0.2) is 56.2 Å². The van der Waals surface area contributed by atoms with Crippen LogP contribution in [0.3, 0.4) is 0 Å². The van der Waals surface area contributed by atoms with Crippen LogP contribution < -0.4 is 4.74 Å². The molecule has 0 unspecified atom stereocenters. The maximum atomic E-state index is 13.4. The molecule has 2 aromatic rings. The molecule has 1 amide bonds. The number of hydrogen-bond donors (Lipinski definition) is 0.